The highest BCUT2D eigenvalue weighted by Crippen LogP contribution is 2.03. The quantitative estimate of drug-likeness (QED) is 0.702. The van der Waals surface area contributed by atoms with Gasteiger partial charge in [0.2, 0.25) is 5.91 Å². The van der Waals surface area contributed by atoms with E-state index in [9.17, 15) is 4.79 Å². The number of hydrogen-bond donors (Lipinski definition) is 1. The predicted octanol–water partition coefficient (Wildman–Crippen LogP) is 1.24. The molecule has 0 fully saturated rings. The Balaban J connectivity index is 2.37. The number of aromatic nitrogens is 1. The monoisotopic (exact) mass is 174 g/mol. The first kappa shape index (κ1) is 8.07. The van der Waals surface area contributed by atoms with E-state index in [2.05, 4.69) is 15.0 Å². The van der Waals surface area contributed by atoms with Gasteiger partial charge in [-0.1, -0.05) is 5.16 Å². The maximum absolute atomic E-state index is 10.8. The lowest BCUT2D eigenvalue weighted by Crippen LogP contribution is -2.10. The number of carbonyl (C=O) groups is 1. The summed E-state index contributed by atoms with van der Waals surface area (Å²) in [6.07, 6.45) is 3.07. The highest BCUT2D eigenvalue weighted by molar-refractivity contribution is 6.19. The van der Waals surface area contributed by atoms with E-state index in [1.54, 1.807) is 0 Å². The van der Waals surface area contributed by atoms with Gasteiger partial charge in [0.1, 0.15) is 12.0 Å². The van der Waals surface area contributed by atoms with Crippen molar-refractivity contribution in [3.63, 3.8) is 0 Å². The van der Waals surface area contributed by atoms with E-state index in [0.29, 0.717) is 18.0 Å². The molecular formula is C6H7ClN2O2. The Morgan fingerprint density at radius 2 is 2.64 bits per heavy atom. The summed E-state index contributed by atoms with van der Waals surface area (Å²) in [6, 6.07) is 0. The summed E-state index contributed by atoms with van der Waals surface area (Å²) >= 11 is 5.34. The molecule has 0 aliphatic carbocycles. The van der Waals surface area contributed by atoms with Gasteiger partial charge in [0.25, 0.3) is 0 Å². The van der Waals surface area contributed by atoms with Crippen LogP contribution in [0, 0.1) is 0 Å². The summed E-state index contributed by atoms with van der Waals surface area (Å²) in [5, 5.41) is 5.96. The number of rotatable bonds is 3. The Labute approximate surface area is 68.5 Å². The summed E-state index contributed by atoms with van der Waals surface area (Å²) < 4.78 is 4.50. The third kappa shape index (κ3) is 2.59. The first-order chi connectivity index (χ1) is 5.33. The van der Waals surface area contributed by atoms with E-state index in [0.717, 1.165) is 0 Å². The summed E-state index contributed by atoms with van der Waals surface area (Å²) in [7, 11) is 0. The van der Waals surface area contributed by atoms with Crippen LogP contribution in [0.15, 0.2) is 17.0 Å². The van der Waals surface area contributed by atoms with Crippen LogP contribution >= 0.6 is 11.6 Å². The topological polar surface area (TPSA) is 55.1 Å². The predicted molar refractivity (Wildman–Crippen MR) is 40.5 cm³/mol. The standard InChI is InChI=1S/C6H7ClN2O2/c7-2-1-6(10)9-5-3-8-11-4-5/h3-4H,1-2H2,(H,9,10). The molecule has 0 aliphatic rings. The lowest BCUT2D eigenvalue weighted by atomic mass is 10.4. The average molecular weight is 175 g/mol. The number of anilines is 1. The van der Waals surface area contributed by atoms with Crippen molar-refractivity contribution in [2.24, 2.45) is 0 Å². The zero-order chi connectivity index (χ0) is 8.10. The molecule has 60 valence electrons. The zero-order valence-electron chi connectivity index (χ0n) is 5.71. The molecule has 0 aromatic carbocycles. The van der Waals surface area contributed by atoms with Crippen LogP contribution in [0.5, 0.6) is 0 Å². The lowest BCUT2D eigenvalue weighted by Gasteiger charge is -1.96. The van der Waals surface area contributed by atoms with Crippen LogP contribution in [0.25, 0.3) is 0 Å². The molecule has 4 nitrogen and oxygen atoms in total. The summed E-state index contributed by atoms with van der Waals surface area (Å²) in [6.45, 7) is 0. The van der Waals surface area contributed by atoms with Crippen LogP contribution in [-0.4, -0.2) is 16.9 Å². The molecule has 1 rings (SSSR count). The molecule has 1 aromatic heterocycles. The number of alkyl halides is 1. The fourth-order valence-electron chi connectivity index (χ4n) is 0.576. The molecule has 1 heterocycles. The highest BCUT2D eigenvalue weighted by Gasteiger charge is 2.01. The van der Waals surface area contributed by atoms with Gasteiger partial charge in [-0.25, -0.2) is 0 Å². The molecule has 0 saturated heterocycles. The van der Waals surface area contributed by atoms with Gasteiger partial charge in [0, 0.05) is 12.3 Å². The van der Waals surface area contributed by atoms with Gasteiger partial charge in [0.05, 0.1) is 6.20 Å². The van der Waals surface area contributed by atoms with Crippen LogP contribution in [0.4, 0.5) is 5.69 Å². The molecule has 1 aromatic rings. The van der Waals surface area contributed by atoms with Crippen molar-refractivity contribution < 1.29 is 9.32 Å². The first-order valence-corrected chi connectivity index (χ1v) is 3.61. The van der Waals surface area contributed by atoms with Gasteiger partial charge < -0.3 is 9.84 Å². The Bertz CT molecular complexity index is 222. The summed E-state index contributed by atoms with van der Waals surface area (Å²) in [5.74, 6) is 0.181. The first-order valence-electron chi connectivity index (χ1n) is 3.08. The van der Waals surface area contributed by atoms with E-state index < -0.39 is 0 Å². The number of carbonyl (C=O) groups excluding carboxylic acids is 1. The van der Waals surface area contributed by atoms with Crippen molar-refractivity contribution in [2.75, 3.05) is 11.2 Å². The van der Waals surface area contributed by atoms with Crippen molar-refractivity contribution in [2.45, 2.75) is 6.42 Å². The Morgan fingerprint density at radius 1 is 1.82 bits per heavy atom. The van der Waals surface area contributed by atoms with E-state index in [4.69, 9.17) is 11.6 Å². The van der Waals surface area contributed by atoms with Crippen molar-refractivity contribution in [3.8, 4) is 0 Å². The Kier molecular flexibility index (Phi) is 2.92. The molecule has 11 heavy (non-hydrogen) atoms. The number of nitrogens with one attached hydrogen (secondary N) is 1. The van der Waals surface area contributed by atoms with Crippen LogP contribution in [-0.2, 0) is 4.79 Å². The van der Waals surface area contributed by atoms with Crippen LogP contribution in [0.3, 0.4) is 0 Å². The second-order valence-corrected chi connectivity index (χ2v) is 2.28. The minimum absolute atomic E-state index is 0.136. The molecule has 5 heteroatoms. The van der Waals surface area contributed by atoms with Gasteiger partial charge in [-0.3, -0.25) is 4.79 Å². The molecule has 0 radical (unpaired) electrons. The number of amides is 1. The number of halogens is 1. The molecule has 1 N–H and O–H groups in total. The third-order valence-electron chi connectivity index (χ3n) is 1.04. The number of nitrogens with zero attached hydrogens (tertiary/aromatic N) is 1. The van der Waals surface area contributed by atoms with Crippen LogP contribution in [0.2, 0.25) is 0 Å². The van der Waals surface area contributed by atoms with Crippen LogP contribution < -0.4 is 5.32 Å². The summed E-state index contributed by atoms with van der Waals surface area (Å²) in [4.78, 5) is 10.8. The lowest BCUT2D eigenvalue weighted by molar-refractivity contribution is -0.115. The van der Waals surface area contributed by atoms with Crippen molar-refractivity contribution in [1.29, 1.82) is 0 Å². The fourth-order valence-corrected chi connectivity index (χ4v) is 0.748. The van der Waals surface area contributed by atoms with Gasteiger partial charge in [-0.2, -0.15) is 0 Å². The maximum atomic E-state index is 10.8. The van der Waals surface area contributed by atoms with Gasteiger partial charge in [-0.15, -0.1) is 11.6 Å². The number of hydrogen-bond acceptors (Lipinski definition) is 3. The minimum Gasteiger partial charge on any atom is -0.363 e. The van der Waals surface area contributed by atoms with E-state index >= 15 is 0 Å². The normalized spacial score (nSPS) is 9.55. The molecule has 0 spiro atoms. The van der Waals surface area contributed by atoms with Crippen molar-refractivity contribution in [3.05, 3.63) is 12.5 Å². The molecule has 0 saturated carbocycles. The van der Waals surface area contributed by atoms with Gasteiger partial charge >= 0.3 is 0 Å². The minimum atomic E-state index is -0.136. The average Bonchev–Trinajstić information content (AvgIpc) is 2.40. The fraction of sp³-hybridized carbons (Fsp3) is 0.333. The third-order valence-corrected chi connectivity index (χ3v) is 1.23. The molecular weight excluding hydrogens is 168 g/mol. The maximum Gasteiger partial charge on any atom is 0.225 e. The zero-order valence-corrected chi connectivity index (χ0v) is 6.47. The molecule has 0 atom stereocenters. The van der Waals surface area contributed by atoms with E-state index in [-0.39, 0.29) is 5.91 Å². The van der Waals surface area contributed by atoms with Gasteiger partial charge in [0.15, 0.2) is 0 Å². The molecule has 1 amide bonds. The Morgan fingerprint density at radius 3 is 3.18 bits per heavy atom. The van der Waals surface area contributed by atoms with Crippen molar-refractivity contribution in [1.82, 2.24) is 5.16 Å². The van der Waals surface area contributed by atoms with Crippen molar-refractivity contribution >= 4 is 23.2 Å². The second-order valence-electron chi connectivity index (χ2n) is 1.90. The van der Waals surface area contributed by atoms with E-state index in [1.807, 2.05) is 0 Å². The largest absolute Gasteiger partial charge is 0.363 e. The molecule has 0 aliphatic heterocycles. The van der Waals surface area contributed by atoms with Gasteiger partial charge in [-0.05, 0) is 0 Å². The SMILES string of the molecule is O=C(CCCl)Nc1cnoc1. The second kappa shape index (κ2) is 3.98. The molecule has 0 unspecified atom stereocenters. The van der Waals surface area contributed by atoms with E-state index in [1.165, 1.54) is 12.5 Å². The summed E-state index contributed by atoms with van der Waals surface area (Å²) in [5.41, 5.74) is 0.556. The molecule has 0 bridgehead atoms. The Hall–Kier alpha value is -1.03. The smallest absolute Gasteiger partial charge is 0.225 e. The highest BCUT2D eigenvalue weighted by atomic mass is 35.5. The van der Waals surface area contributed by atoms with Crippen LogP contribution in [0.1, 0.15) is 6.42 Å².